The molecule has 0 atom stereocenters. The molecule has 0 saturated carbocycles. The molecule has 5 nitrogen and oxygen atoms in total. The molecule has 1 aliphatic rings. The number of rotatable bonds is 2. The summed E-state index contributed by atoms with van der Waals surface area (Å²) in [6.45, 7) is 3.59. The van der Waals surface area contributed by atoms with Gasteiger partial charge in [-0.1, -0.05) is 6.07 Å². The summed E-state index contributed by atoms with van der Waals surface area (Å²) < 4.78 is 0.876. The Bertz CT molecular complexity index is 481. The van der Waals surface area contributed by atoms with E-state index >= 15 is 0 Å². The quantitative estimate of drug-likeness (QED) is 0.437. The molecule has 6 heteroatoms. The molecule has 0 aliphatic carbocycles. The Morgan fingerprint density at radius 2 is 2.41 bits per heavy atom. The molecule has 17 heavy (non-hydrogen) atoms. The van der Waals surface area contributed by atoms with Crippen molar-refractivity contribution in [1.29, 1.82) is 0 Å². The zero-order chi connectivity index (χ0) is 12.3. The highest BCUT2D eigenvalue weighted by atomic mass is 79.9. The standard InChI is InChI=1S/C11H14BrN5/c1-7(16-17-11-14-4-5-15-11)8-2-3-10(13)9(12)6-8/h2-3,6H,4-5,13H2,1H3,(H2,14,15,17)/b16-7+. The summed E-state index contributed by atoms with van der Waals surface area (Å²) in [7, 11) is 0. The van der Waals surface area contributed by atoms with Crippen molar-refractivity contribution in [3.8, 4) is 0 Å². The molecule has 0 unspecified atom stereocenters. The van der Waals surface area contributed by atoms with Crippen LogP contribution in [0, 0.1) is 0 Å². The lowest BCUT2D eigenvalue weighted by atomic mass is 10.1. The number of benzene rings is 1. The zero-order valence-electron chi connectivity index (χ0n) is 9.50. The average Bonchev–Trinajstić information content (AvgIpc) is 2.82. The van der Waals surface area contributed by atoms with Gasteiger partial charge >= 0.3 is 0 Å². The molecule has 2 rings (SSSR count). The van der Waals surface area contributed by atoms with Gasteiger partial charge < -0.3 is 11.1 Å². The Morgan fingerprint density at radius 1 is 1.59 bits per heavy atom. The molecule has 90 valence electrons. The fourth-order valence-corrected chi connectivity index (χ4v) is 1.81. The van der Waals surface area contributed by atoms with Crippen LogP contribution in [0.4, 0.5) is 5.69 Å². The number of aliphatic imine (C=N–C) groups is 1. The van der Waals surface area contributed by atoms with Crippen LogP contribution in [-0.2, 0) is 0 Å². The Kier molecular flexibility index (Phi) is 3.63. The molecule has 1 heterocycles. The van der Waals surface area contributed by atoms with Crippen LogP contribution in [0.2, 0.25) is 0 Å². The highest BCUT2D eigenvalue weighted by molar-refractivity contribution is 9.10. The smallest absolute Gasteiger partial charge is 0.212 e. The van der Waals surface area contributed by atoms with Crippen molar-refractivity contribution < 1.29 is 0 Å². The molecule has 0 radical (unpaired) electrons. The fraction of sp³-hybridized carbons (Fsp3) is 0.273. The van der Waals surface area contributed by atoms with Gasteiger partial charge in [-0.3, -0.25) is 0 Å². The predicted molar refractivity (Wildman–Crippen MR) is 74.2 cm³/mol. The largest absolute Gasteiger partial charge is 0.398 e. The minimum absolute atomic E-state index is 0.719. The first kappa shape index (κ1) is 11.9. The van der Waals surface area contributed by atoms with Gasteiger partial charge in [0.15, 0.2) is 0 Å². The Balaban J connectivity index is 2.09. The lowest BCUT2D eigenvalue weighted by Gasteiger charge is -2.05. The molecule has 0 amide bonds. The van der Waals surface area contributed by atoms with Gasteiger partial charge in [-0.2, -0.15) is 5.10 Å². The van der Waals surface area contributed by atoms with Crippen LogP contribution in [0.15, 0.2) is 32.8 Å². The van der Waals surface area contributed by atoms with Gasteiger partial charge in [-0.25, -0.2) is 10.4 Å². The van der Waals surface area contributed by atoms with Crippen molar-refractivity contribution in [3.05, 3.63) is 28.2 Å². The lowest BCUT2D eigenvalue weighted by molar-refractivity contribution is 0.917. The van der Waals surface area contributed by atoms with Gasteiger partial charge in [-0.05, 0) is 40.5 Å². The van der Waals surface area contributed by atoms with Crippen LogP contribution in [0.3, 0.4) is 0 Å². The molecule has 1 aliphatic heterocycles. The van der Waals surface area contributed by atoms with Crippen LogP contribution in [0.1, 0.15) is 12.5 Å². The molecular formula is C11H14BrN5. The first-order valence-corrected chi connectivity index (χ1v) is 6.10. The predicted octanol–water partition coefficient (Wildman–Crippen LogP) is 1.30. The van der Waals surface area contributed by atoms with E-state index in [0.29, 0.717) is 0 Å². The number of nitrogens with two attached hydrogens (primary N) is 1. The van der Waals surface area contributed by atoms with E-state index in [4.69, 9.17) is 5.73 Å². The maximum Gasteiger partial charge on any atom is 0.212 e. The van der Waals surface area contributed by atoms with Crippen molar-refractivity contribution in [2.75, 3.05) is 18.8 Å². The van der Waals surface area contributed by atoms with E-state index in [2.05, 4.69) is 36.8 Å². The van der Waals surface area contributed by atoms with E-state index in [1.54, 1.807) is 0 Å². The minimum atomic E-state index is 0.719. The number of nitrogens with one attached hydrogen (secondary N) is 2. The van der Waals surface area contributed by atoms with Gasteiger partial charge in [0.2, 0.25) is 5.96 Å². The second-order valence-electron chi connectivity index (χ2n) is 3.70. The highest BCUT2D eigenvalue weighted by Gasteiger charge is 2.04. The molecule has 0 aromatic heterocycles. The minimum Gasteiger partial charge on any atom is -0.398 e. The molecule has 0 spiro atoms. The number of hydrazone groups is 1. The molecule has 0 bridgehead atoms. The Labute approximate surface area is 108 Å². The van der Waals surface area contributed by atoms with E-state index in [0.717, 1.165) is 40.5 Å². The molecule has 4 N–H and O–H groups in total. The summed E-state index contributed by atoms with van der Waals surface area (Å²) >= 11 is 3.40. The third-order valence-corrected chi connectivity index (χ3v) is 3.11. The van der Waals surface area contributed by atoms with Crippen molar-refractivity contribution >= 4 is 33.3 Å². The normalized spacial score (nSPS) is 15.4. The topological polar surface area (TPSA) is 74.8 Å². The van der Waals surface area contributed by atoms with Gasteiger partial charge in [0.25, 0.3) is 0 Å². The first-order valence-electron chi connectivity index (χ1n) is 5.31. The number of halogens is 1. The Hall–Kier alpha value is -1.56. The summed E-state index contributed by atoms with van der Waals surface area (Å²) in [5.41, 5.74) is 11.2. The maximum absolute atomic E-state index is 5.73. The SMILES string of the molecule is C/C(=N\NC1=NCCN1)c1ccc(N)c(Br)c1. The lowest BCUT2D eigenvalue weighted by Crippen LogP contribution is -2.30. The number of anilines is 1. The molecule has 1 aromatic rings. The van der Waals surface area contributed by atoms with E-state index in [1.807, 2.05) is 25.1 Å². The summed E-state index contributed by atoms with van der Waals surface area (Å²) in [5.74, 6) is 0.721. The molecule has 1 aromatic carbocycles. The van der Waals surface area contributed by atoms with Crippen molar-refractivity contribution in [1.82, 2.24) is 10.7 Å². The number of nitrogens with zero attached hydrogens (tertiary/aromatic N) is 2. The molecule has 0 saturated heterocycles. The summed E-state index contributed by atoms with van der Waals surface area (Å²) in [4.78, 5) is 4.19. The fourth-order valence-electron chi connectivity index (χ4n) is 1.43. The van der Waals surface area contributed by atoms with E-state index in [1.165, 1.54) is 0 Å². The number of nitrogen functional groups attached to an aromatic ring is 1. The highest BCUT2D eigenvalue weighted by Crippen LogP contribution is 2.20. The van der Waals surface area contributed by atoms with E-state index in [9.17, 15) is 0 Å². The third kappa shape index (κ3) is 2.97. The van der Waals surface area contributed by atoms with Crippen molar-refractivity contribution in [3.63, 3.8) is 0 Å². The van der Waals surface area contributed by atoms with Gasteiger partial charge in [0.05, 0.1) is 12.3 Å². The molecular weight excluding hydrogens is 282 g/mol. The average molecular weight is 296 g/mol. The van der Waals surface area contributed by atoms with Gasteiger partial charge in [-0.15, -0.1) is 0 Å². The third-order valence-electron chi connectivity index (χ3n) is 2.42. The second-order valence-corrected chi connectivity index (χ2v) is 4.56. The Morgan fingerprint density at radius 3 is 3.06 bits per heavy atom. The van der Waals surface area contributed by atoms with Gasteiger partial charge in [0, 0.05) is 16.7 Å². The number of hydrogen-bond donors (Lipinski definition) is 3. The zero-order valence-corrected chi connectivity index (χ0v) is 11.1. The molecule has 0 fully saturated rings. The first-order chi connectivity index (χ1) is 8.16. The van der Waals surface area contributed by atoms with Crippen LogP contribution < -0.4 is 16.5 Å². The second kappa shape index (κ2) is 5.18. The van der Waals surface area contributed by atoms with Crippen LogP contribution in [0.5, 0.6) is 0 Å². The summed E-state index contributed by atoms with van der Waals surface area (Å²) in [6, 6.07) is 5.73. The monoisotopic (exact) mass is 295 g/mol. The van der Waals surface area contributed by atoms with E-state index < -0.39 is 0 Å². The van der Waals surface area contributed by atoms with Crippen molar-refractivity contribution in [2.45, 2.75) is 6.92 Å². The van der Waals surface area contributed by atoms with Gasteiger partial charge in [0.1, 0.15) is 0 Å². The van der Waals surface area contributed by atoms with Crippen LogP contribution in [0.25, 0.3) is 0 Å². The summed E-state index contributed by atoms with van der Waals surface area (Å²) in [5, 5.41) is 7.35. The number of hydrogen-bond acceptors (Lipinski definition) is 5. The van der Waals surface area contributed by atoms with E-state index in [-0.39, 0.29) is 0 Å². The van der Waals surface area contributed by atoms with Crippen molar-refractivity contribution in [2.24, 2.45) is 10.1 Å². The summed E-state index contributed by atoms with van der Waals surface area (Å²) in [6.07, 6.45) is 0. The number of guanidine groups is 1. The van der Waals surface area contributed by atoms with Crippen LogP contribution >= 0.6 is 15.9 Å². The maximum atomic E-state index is 5.73. The van der Waals surface area contributed by atoms with Crippen LogP contribution in [-0.4, -0.2) is 24.8 Å².